The maximum absolute atomic E-state index is 2.43. The largest absolute Gasteiger partial charge is 0.309 e. The van der Waals surface area contributed by atoms with E-state index in [0.29, 0.717) is 0 Å². The van der Waals surface area contributed by atoms with E-state index in [4.69, 9.17) is 0 Å². The van der Waals surface area contributed by atoms with Crippen LogP contribution in [0, 0.1) is 0 Å². The van der Waals surface area contributed by atoms with Crippen molar-refractivity contribution in [3.8, 4) is 22.5 Å². The number of rotatable bonds is 3. The molecular weight excluding hydrogens is 460 g/mol. The number of hydrogen-bond acceptors (Lipinski definition) is 0. The number of para-hydroxylation sites is 4. The highest BCUT2D eigenvalue weighted by Gasteiger charge is 2.17. The van der Waals surface area contributed by atoms with Crippen molar-refractivity contribution >= 4 is 43.6 Å². The molecule has 0 fully saturated rings. The van der Waals surface area contributed by atoms with Crippen LogP contribution in [0.3, 0.4) is 0 Å². The number of aromatic nitrogens is 2. The van der Waals surface area contributed by atoms with Gasteiger partial charge in [-0.05, 0) is 42.0 Å². The summed E-state index contributed by atoms with van der Waals surface area (Å²) in [5.74, 6) is 0. The molecule has 0 atom stereocenters. The molecule has 0 radical (unpaired) electrons. The van der Waals surface area contributed by atoms with Crippen LogP contribution in [0.2, 0.25) is 0 Å². The highest BCUT2D eigenvalue weighted by atomic mass is 15.0. The van der Waals surface area contributed by atoms with Crippen molar-refractivity contribution in [3.63, 3.8) is 0 Å². The fraction of sp³-hybridized carbons (Fsp3) is 0. The van der Waals surface area contributed by atoms with E-state index in [0.717, 1.165) is 5.69 Å². The monoisotopic (exact) mass is 484 g/mol. The summed E-state index contributed by atoms with van der Waals surface area (Å²) in [4.78, 5) is 0. The smallest absolute Gasteiger partial charge is 0.0562 e. The Morgan fingerprint density at radius 3 is 1.50 bits per heavy atom. The van der Waals surface area contributed by atoms with Gasteiger partial charge >= 0.3 is 0 Å². The van der Waals surface area contributed by atoms with E-state index in [2.05, 4.69) is 155 Å². The molecule has 0 aliphatic carbocycles. The van der Waals surface area contributed by atoms with Crippen LogP contribution in [0.15, 0.2) is 146 Å². The van der Waals surface area contributed by atoms with Crippen LogP contribution in [0.25, 0.3) is 66.1 Å². The molecule has 0 amide bonds. The molecule has 2 heteroatoms. The van der Waals surface area contributed by atoms with Crippen molar-refractivity contribution < 1.29 is 0 Å². The first-order chi connectivity index (χ1) is 18.9. The minimum Gasteiger partial charge on any atom is -0.309 e. The summed E-state index contributed by atoms with van der Waals surface area (Å²) in [5.41, 5.74) is 9.64. The lowest BCUT2D eigenvalue weighted by atomic mass is 10.0. The normalized spacial score (nSPS) is 11.7. The first kappa shape index (κ1) is 21.0. The zero-order valence-electron chi connectivity index (χ0n) is 20.8. The van der Waals surface area contributed by atoms with Gasteiger partial charge in [-0.15, -0.1) is 0 Å². The standard InChI is InChI=1S/C36H24N2/c1-2-12-25(13-3-1)27-14-4-8-18-32(27)38-35-21-11-7-17-30(35)31-23-22-26(24-36(31)38)37-33-19-9-5-15-28(33)29-16-6-10-20-34(29)37/h1-24H. The van der Waals surface area contributed by atoms with Crippen LogP contribution in [-0.4, -0.2) is 9.13 Å². The second kappa shape index (κ2) is 8.22. The molecule has 8 aromatic rings. The van der Waals surface area contributed by atoms with Gasteiger partial charge in [-0.25, -0.2) is 0 Å². The zero-order chi connectivity index (χ0) is 25.1. The molecule has 0 unspecified atom stereocenters. The number of fused-ring (bicyclic) bond motifs is 6. The highest BCUT2D eigenvalue weighted by Crippen LogP contribution is 2.38. The Hall–Kier alpha value is -5.08. The van der Waals surface area contributed by atoms with Gasteiger partial charge in [0.15, 0.2) is 0 Å². The molecule has 0 N–H and O–H groups in total. The van der Waals surface area contributed by atoms with Crippen molar-refractivity contribution in [3.05, 3.63) is 146 Å². The molecular formula is C36H24N2. The maximum Gasteiger partial charge on any atom is 0.0562 e. The van der Waals surface area contributed by atoms with Gasteiger partial charge in [-0.1, -0.05) is 109 Å². The Bertz CT molecular complexity index is 2070. The summed E-state index contributed by atoms with van der Waals surface area (Å²) in [6, 6.07) is 52.4. The Labute approximate surface area is 220 Å². The Morgan fingerprint density at radius 2 is 0.842 bits per heavy atom. The van der Waals surface area contributed by atoms with Crippen LogP contribution >= 0.6 is 0 Å². The van der Waals surface area contributed by atoms with E-state index >= 15 is 0 Å². The van der Waals surface area contributed by atoms with Gasteiger partial charge in [0.1, 0.15) is 0 Å². The fourth-order valence-electron chi connectivity index (χ4n) is 6.09. The van der Waals surface area contributed by atoms with Gasteiger partial charge in [0, 0.05) is 32.8 Å². The summed E-state index contributed by atoms with van der Waals surface area (Å²) < 4.78 is 4.83. The van der Waals surface area contributed by atoms with Crippen molar-refractivity contribution in [2.75, 3.05) is 0 Å². The Balaban J connectivity index is 1.48. The molecule has 0 spiro atoms. The van der Waals surface area contributed by atoms with Crippen molar-refractivity contribution in [1.29, 1.82) is 0 Å². The van der Waals surface area contributed by atoms with Crippen LogP contribution in [0.5, 0.6) is 0 Å². The first-order valence-corrected chi connectivity index (χ1v) is 13.0. The molecule has 0 saturated heterocycles. The summed E-state index contributed by atoms with van der Waals surface area (Å²) in [7, 11) is 0. The van der Waals surface area contributed by atoms with Gasteiger partial charge < -0.3 is 9.13 Å². The van der Waals surface area contributed by atoms with Gasteiger partial charge in [0.25, 0.3) is 0 Å². The molecule has 2 aromatic heterocycles. The molecule has 8 rings (SSSR count). The molecule has 0 saturated carbocycles. The van der Waals surface area contributed by atoms with E-state index in [1.807, 2.05) is 0 Å². The second-order valence-corrected chi connectivity index (χ2v) is 9.81. The van der Waals surface area contributed by atoms with E-state index in [1.54, 1.807) is 0 Å². The maximum atomic E-state index is 2.43. The van der Waals surface area contributed by atoms with Gasteiger partial charge in [-0.3, -0.25) is 0 Å². The summed E-state index contributed by atoms with van der Waals surface area (Å²) in [5, 5.41) is 5.07. The predicted octanol–water partition coefficient (Wildman–Crippen LogP) is 9.55. The lowest BCUT2D eigenvalue weighted by Gasteiger charge is -2.15. The fourth-order valence-corrected chi connectivity index (χ4v) is 6.09. The lowest BCUT2D eigenvalue weighted by molar-refractivity contribution is 1.16. The van der Waals surface area contributed by atoms with E-state index in [1.165, 1.54) is 60.4 Å². The molecule has 2 nitrogen and oxygen atoms in total. The quantitative estimate of drug-likeness (QED) is 0.236. The number of hydrogen-bond donors (Lipinski definition) is 0. The topological polar surface area (TPSA) is 9.86 Å². The van der Waals surface area contributed by atoms with Crippen molar-refractivity contribution in [2.45, 2.75) is 0 Å². The minimum atomic E-state index is 1.16. The van der Waals surface area contributed by atoms with Crippen molar-refractivity contribution in [2.24, 2.45) is 0 Å². The number of nitrogens with zero attached hydrogens (tertiary/aromatic N) is 2. The Kier molecular flexibility index (Phi) is 4.55. The van der Waals surface area contributed by atoms with E-state index in [-0.39, 0.29) is 0 Å². The highest BCUT2D eigenvalue weighted by molar-refractivity contribution is 6.12. The van der Waals surface area contributed by atoms with E-state index in [9.17, 15) is 0 Å². The first-order valence-electron chi connectivity index (χ1n) is 13.0. The molecule has 0 aliphatic rings. The summed E-state index contributed by atoms with van der Waals surface area (Å²) >= 11 is 0. The molecule has 6 aromatic carbocycles. The minimum absolute atomic E-state index is 1.16. The van der Waals surface area contributed by atoms with Crippen LogP contribution < -0.4 is 0 Å². The number of benzene rings is 6. The summed E-state index contributed by atoms with van der Waals surface area (Å²) in [6.45, 7) is 0. The van der Waals surface area contributed by atoms with Crippen molar-refractivity contribution in [1.82, 2.24) is 9.13 Å². The van der Waals surface area contributed by atoms with Gasteiger partial charge in [0.05, 0.1) is 27.8 Å². The van der Waals surface area contributed by atoms with Crippen LogP contribution in [0.4, 0.5) is 0 Å². The predicted molar refractivity (Wildman–Crippen MR) is 161 cm³/mol. The Morgan fingerprint density at radius 1 is 0.342 bits per heavy atom. The molecule has 0 aliphatic heterocycles. The molecule has 0 bridgehead atoms. The SMILES string of the molecule is c1ccc(-c2ccccc2-n2c3ccccc3c3ccc(-n4c5ccccc5c5ccccc54)cc32)cc1. The summed E-state index contributed by atoms with van der Waals surface area (Å²) in [6.07, 6.45) is 0. The van der Waals surface area contributed by atoms with Crippen LogP contribution in [-0.2, 0) is 0 Å². The average molecular weight is 485 g/mol. The molecule has 38 heavy (non-hydrogen) atoms. The lowest BCUT2D eigenvalue weighted by Crippen LogP contribution is -1.98. The molecule has 2 heterocycles. The van der Waals surface area contributed by atoms with E-state index < -0.39 is 0 Å². The second-order valence-electron chi connectivity index (χ2n) is 9.81. The van der Waals surface area contributed by atoms with Gasteiger partial charge in [-0.2, -0.15) is 0 Å². The average Bonchev–Trinajstić information content (AvgIpc) is 3.50. The third-order valence-electron chi connectivity index (χ3n) is 7.73. The third-order valence-corrected chi connectivity index (χ3v) is 7.73. The van der Waals surface area contributed by atoms with Gasteiger partial charge in [0.2, 0.25) is 0 Å². The molecule has 178 valence electrons. The zero-order valence-corrected chi connectivity index (χ0v) is 20.8. The third kappa shape index (κ3) is 3.01. The van der Waals surface area contributed by atoms with Crippen LogP contribution in [0.1, 0.15) is 0 Å².